The maximum atomic E-state index is 15.0. The Bertz CT molecular complexity index is 1150. The Labute approximate surface area is 198 Å². The van der Waals surface area contributed by atoms with Gasteiger partial charge in [0.05, 0.1) is 18.8 Å². The molecule has 3 aromatic rings. The van der Waals surface area contributed by atoms with Crippen molar-refractivity contribution in [2.24, 2.45) is 0 Å². The Morgan fingerprint density at radius 1 is 1.12 bits per heavy atom. The molecular formula is C26H27FN4O3. The Morgan fingerprint density at radius 2 is 1.79 bits per heavy atom. The van der Waals surface area contributed by atoms with Crippen molar-refractivity contribution in [3.05, 3.63) is 83.9 Å². The van der Waals surface area contributed by atoms with Gasteiger partial charge in [-0.05, 0) is 54.1 Å². The van der Waals surface area contributed by atoms with Gasteiger partial charge in [0.2, 0.25) is 5.91 Å². The van der Waals surface area contributed by atoms with Crippen LogP contribution in [0.2, 0.25) is 0 Å². The first kappa shape index (κ1) is 23.4. The summed E-state index contributed by atoms with van der Waals surface area (Å²) in [6, 6.07) is 16.5. The molecule has 7 nitrogen and oxygen atoms in total. The zero-order valence-corrected chi connectivity index (χ0v) is 19.2. The van der Waals surface area contributed by atoms with E-state index in [1.165, 1.54) is 23.5 Å². The van der Waals surface area contributed by atoms with Crippen molar-refractivity contribution in [2.75, 3.05) is 25.0 Å². The van der Waals surface area contributed by atoms with Gasteiger partial charge in [-0.15, -0.1) is 0 Å². The minimum atomic E-state index is -0.553. The van der Waals surface area contributed by atoms with E-state index in [4.69, 9.17) is 4.74 Å². The molecule has 4 rings (SSSR count). The van der Waals surface area contributed by atoms with Crippen LogP contribution in [0.1, 0.15) is 18.1 Å². The number of cyclic esters (lactones) is 1. The zero-order valence-electron chi connectivity index (χ0n) is 19.2. The lowest BCUT2D eigenvalue weighted by atomic mass is 10.0. The lowest BCUT2D eigenvalue weighted by Crippen LogP contribution is -2.33. The van der Waals surface area contributed by atoms with E-state index in [1.807, 2.05) is 36.4 Å². The second kappa shape index (κ2) is 10.4. The van der Waals surface area contributed by atoms with Gasteiger partial charge in [0.15, 0.2) is 0 Å². The fourth-order valence-corrected chi connectivity index (χ4v) is 3.96. The van der Waals surface area contributed by atoms with Crippen LogP contribution in [0.4, 0.5) is 14.9 Å². The predicted octanol–water partition coefficient (Wildman–Crippen LogP) is 3.98. The Balaban J connectivity index is 1.40. The summed E-state index contributed by atoms with van der Waals surface area (Å²) >= 11 is 0. The molecule has 0 unspecified atom stereocenters. The van der Waals surface area contributed by atoms with E-state index in [-0.39, 0.29) is 19.0 Å². The van der Waals surface area contributed by atoms with Crippen LogP contribution in [0.3, 0.4) is 0 Å². The second-order valence-electron chi connectivity index (χ2n) is 8.44. The van der Waals surface area contributed by atoms with Crippen LogP contribution in [0.5, 0.6) is 0 Å². The number of ether oxygens (including phenoxy) is 1. The van der Waals surface area contributed by atoms with E-state index in [0.717, 1.165) is 24.2 Å². The minimum Gasteiger partial charge on any atom is -0.442 e. The molecule has 1 aliphatic rings. The number of benzene rings is 2. The monoisotopic (exact) mass is 462 g/mol. The first-order valence-electron chi connectivity index (χ1n) is 11.1. The third-order valence-electron chi connectivity index (χ3n) is 5.64. The van der Waals surface area contributed by atoms with Gasteiger partial charge in [-0.25, -0.2) is 9.18 Å². The molecular weight excluding hydrogens is 435 g/mol. The maximum Gasteiger partial charge on any atom is 0.414 e. The van der Waals surface area contributed by atoms with Crippen molar-refractivity contribution in [2.45, 2.75) is 26.1 Å². The van der Waals surface area contributed by atoms with Gasteiger partial charge in [-0.1, -0.05) is 24.3 Å². The fraction of sp³-hybridized carbons (Fsp3) is 0.269. The Kier molecular flexibility index (Phi) is 7.18. The zero-order chi connectivity index (χ0) is 24.1. The number of nitrogens with one attached hydrogen (secondary N) is 1. The van der Waals surface area contributed by atoms with Crippen LogP contribution in [0.15, 0.2) is 67.0 Å². The molecule has 0 aliphatic carbocycles. The van der Waals surface area contributed by atoms with Gasteiger partial charge in [0.25, 0.3) is 0 Å². The van der Waals surface area contributed by atoms with Crippen molar-refractivity contribution in [1.29, 1.82) is 0 Å². The van der Waals surface area contributed by atoms with Gasteiger partial charge in [0.1, 0.15) is 11.9 Å². The molecule has 1 fully saturated rings. The van der Waals surface area contributed by atoms with Gasteiger partial charge in [-0.2, -0.15) is 0 Å². The van der Waals surface area contributed by atoms with E-state index in [0.29, 0.717) is 11.3 Å². The SMILES string of the molecule is CC(=O)NC[C@H]1CN(c2ccc(-c3ccc(CN(C)Cc4ccncc4)cc3)c(F)c2)C(=O)O1. The normalized spacial score (nSPS) is 15.5. The number of amides is 2. The summed E-state index contributed by atoms with van der Waals surface area (Å²) in [5, 5.41) is 2.63. The van der Waals surface area contributed by atoms with Crippen LogP contribution >= 0.6 is 0 Å². The molecule has 8 heteroatoms. The average Bonchev–Trinajstić information content (AvgIpc) is 3.19. The highest BCUT2D eigenvalue weighted by Gasteiger charge is 2.32. The van der Waals surface area contributed by atoms with Gasteiger partial charge in [0, 0.05) is 38.0 Å². The summed E-state index contributed by atoms with van der Waals surface area (Å²) in [6.07, 6.45) is 2.55. The lowest BCUT2D eigenvalue weighted by molar-refractivity contribution is -0.119. The molecule has 0 radical (unpaired) electrons. The molecule has 0 saturated carbocycles. The number of halogens is 1. The van der Waals surface area contributed by atoms with Crippen molar-refractivity contribution >= 4 is 17.7 Å². The van der Waals surface area contributed by atoms with E-state index in [2.05, 4.69) is 22.2 Å². The summed E-state index contributed by atoms with van der Waals surface area (Å²) in [5.41, 5.74) is 3.97. The minimum absolute atomic E-state index is 0.198. The summed E-state index contributed by atoms with van der Waals surface area (Å²) < 4.78 is 20.2. The molecule has 1 N–H and O–H groups in total. The van der Waals surface area contributed by atoms with E-state index in [1.54, 1.807) is 24.5 Å². The number of aromatic nitrogens is 1. The standard InChI is InChI=1S/C26H27FN4O3/c1-18(32)29-14-23-17-31(26(33)34-23)22-7-8-24(25(27)13-22)21-5-3-19(4-6-21)15-30(2)16-20-9-11-28-12-10-20/h3-13,23H,14-17H2,1-2H3,(H,29,32)/t23-/m0/s1. The Hall–Kier alpha value is -3.78. The molecule has 1 atom stereocenters. The number of hydrogen-bond acceptors (Lipinski definition) is 5. The second-order valence-corrected chi connectivity index (χ2v) is 8.44. The van der Waals surface area contributed by atoms with Crippen molar-refractivity contribution in [3.63, 3.8) is 0 Å². The van der Waals surface area contributed by atoms with Crippen LogP contribution in [0.25, 0.3) is 11.1 Å². The fourth-order valence-electron chi connectivity index (χ4n) is 3.96. The molecule has 2 amide bonds. The number of nitrogens with zero attached hydrogens (tertiary/aromatic N) is 3. The molecule has 2 aromatic carbocycles. The molecule has 1 aromatic heterocycles. The largest absolute Gasteiger partial charge is 0.442 e. The van der Waals surface area contributed by atoms with Crippen LogP contribution < -0.4 is 10.2 Å². The van der Waals surface area contributed by atoms with Crippen molar-refractivity contribution in [3.8, 4) is 11.1 Å². The smallest absolute Gasteiger partial charge is 0.414 e. The third kappa shape index (κ3) is 5.77. The van der Waals surface area contributed by atoms with Crippen molar-refractivity contribution < 1.29 is 18.7 Å². The maximum absolute atomic E-state index is 15.0. The highest BCUT2D eigenvalue weighted by Crippen LogP contribution is 2.29. The number of pyridine rings is 1. The predicted molar refractivity (Wildman–Crippen MR) is 128 cm³/mol. The van der Waals surface area contributed by atoms with Crippen LogP contribution in [0, 0.1) is 5.82 Å². The van der Waals surface area contributed by atoms with Crippen LogP contribution in [-0.2, 0) is 22.6 Å². The molecule has 0 bridgehead atoms. The molecule has 1 saturated heterocycles. The topological polar surface area (TPSA) is 74.8 Å². The summed E-state index contributed by atoms with van der Waals surface area (Å²) in [7, 11) is 2.05. The van der Waals surface area contributed by atoms with E-state index < -0.39 is 18.0 Å². The van der Waals surface area contributed by atoms with E-state index in [9.17, 15) is 14.0 Å². The summed E-state index contributed by atoms with van der Waals surface area (Å²) in [6.45, 7) is 3.45. The van der Waals surface area contributed by atoms with Gasteiger partial charge < -0.3 is 10.1 Å². The molecule has 1 aliphatic heterocycles. The quantitative estimate of drug-likeness (QED) is 0.548. The highest BCUT2D eigenvalue weighted by molar-refractivity contribution is 5.90. The number of rotatable bonds is 8. The first-order chi connectivity index (χ1) is 16.4. The number of carbonyl (C=O) groups excluding carboxylic acids is 2. The third-order valence-corrected chi connectivity index (χ3v) is 5.64. The van der Waals surface area contributed by atoms with Gasteiger partial charge >= 0.3 is 6.09 Å². The number of anilines is 1. The summed E-state index contributed by atoms with van der Waals surface area (Å²) in [5.74, 6) is -0.616. The molecule has 176 valence electrons. The first-order valence-corrected chi connectivity index (χ1v) is 11.1. The summed E-state index contributed by atoms with van der Waals surface area (Å²) in [4.78, 5) is 30.9. The van der Waals surface area contributed by atoms with Crippen LogP contribution in [-0.4, -0.2) is 48.1 Å². The van der Waals surface area contributed by atoms with E-state index >= 15 is 0 Å². The highest BCUT2D eigenvalue weighted by atomic mass is 19.1. The Morgan fingerprint density at radius 3 is 2.44 bits per heavy atom. The number of carbonyl (C=O) groups is 2. The molecule has 2 heterocycles. The van der Waals surface area contributed by atoms with Crippen molar-refractivity contribution in [1.82, 2.24) is 15.2 Å². The average molecular weight is 463 g/mol. The van der Waals surface area contributed by atoms with Gasteiger partial charge in [-0.3, -0.25) is 19.6 Å². The number of hydrogen-bond donors (Lipinski definition) is 1. The molecule has 34 heavy (non-hydrogen) atoms. The molecule has 0 spiro atoms. The lowest BCUT2D eigenvalue weighted by Gasteiger charge is -2.17.